The second-order valence-electron chi connectivity index (χ2n) is 6.10. The van der Waals surface area contributed by atoms with E-state index in [9.17, 15) is 4.79 Å². The molecule has 0 unspecified atom stereocenters. The molecule has 0 radical (unpaired) electrons. The van der Waals surface area contributed by atoms with E-state index in [2.05, 4.69) is 25.8 Å². The standard InChI is InChI=1S/C16H15ClN6OS/c1-10-8-25-15(19-10)16(5-2-6-16)20-14(24)12-4-3-11(7-13(12)17)23-9-18-21-22-23/h3-4,7-9H,2,5-6H2,1H3,(H,20,24). The Balaban J connectivity index is 1.58. The molecular weight excluding hydrogens is 360 g/mol. The average Bonchev–Trinajstić information content (AvgIpc) is 3.22. The van der Waals surface area contributed by atoms with Crippen LogP contribution in [0.2, 0.25) is 5.02 Å². The van der Waals surface area contributed by atoms with Gasteiger partial charge in [-0.15, -0.1) is 16.4 Å². The van der Waals surface area contributed by atoms with Gasteiger partial charge in [0.2, 0.25) is 0 Å². The summed E-state index contributed by atoms with van der Waals surface area (Å²) in [6, 6.07) is 5.13. The number of amides is 1. The molecule has 0 bridgehead atoms. The summed E-state index contributed by atoms with van der Waals surface area (Å²) >= 11 is 7.92. The van der Waals surface area contributed by atoms with Gasteiger partial charge in [0.1, 0.15) is 11.3 Å². The summed E-state index contributed by atoms with van der Waals surface area (Å²) in [4.78, 5) is 17.4. The second kappa shape index (κ2) is 6.20. The minimum Gasteiger partial charge on any atom is -0.340 e. The van der Waals surface area contributed by atoms with E-state index >= 15 is 0 Å². The number of halogens is 1. The third kappa shape index (κ3) is 2.91. The summed E-state index contributed by atoms with van der Waals surface area (Å²) in [6.07, 6.45) is 4.34. The first-order chi connectivity index (χ1) is 12.1. The molecule has 1 aromatic carbocycles. The predicted octanol–water partition coefficient (Wildman–Crippen LogP) is 2.89. The molecule has 9 heteroatoms. The molecule has 1 saturated carbocycles. The van der Waals surface area contributed by atoms with Crippen molar-refractivity contribution in [3.05, 3.63) is 51.2 Å². The van der Waals surface area contributed by atoms with E-state index in [1.165, 1.54) is 11.0 Å². The Labute approximate surface area is 153 Å². The number of hydrogen-bond donors (Lipinski definition) is 1. The Kier molecular flexibility index (Phi) is 4.01. The van der Waals surface area contributed by atoms with Crippen molar-refractivity contribution in [3.63, 3.8) is 0 Å². The van der Waals surface area contributed by atoms with Gasteiger partial charge in [0.25, 0.3) is 5.91 Å². The van der Waals surface area contributed by atoms with Gasteiger partial charge in [-0.2, -0.15) is 0 Å². The zero-order valence-corrected chi connectivity index (χ0v) is 15.0. The average molecular weight is 375 g/mol. The highest BCUT2D eigenvalue weighted by atomic mass is 35.5. The van der Waals surface area contributed by atoms with Crippen LogP contribution in [0.25, 0.3) is 5.69 Å². The van der Waals surface area contributed by atoms with Gasteiger partial charge in [0.05, 0.1) is 21.8 Å². The highest BCUT2D eigenvalue weighted by Crippen LogP contribution is 2.42. The van der Waals surface area contributed by atoms with Gasteiger partial charge in [-0.25, -0.2) is 9.67 Å². The lowest BCUT2D eigenvalue weighted by Gasteiger charge is -2.40. The van der Waals surface area contributed by atoms with E-state index in [0.717, 1.165) is 30.0 Å². The van der Waals surface area contributed by atoms with E-state index in [1.807, 2.05) is 12.3 Å². The number of nitrogens with one attached hydrogen (secondary N) is 1. The number of tetrazole rings is 1. The minimum atomic E-state index is -0.367. The Morgan fingerprint density at radius 3 is 2.80 bits per heavy atom. The van der Waals surface area contributed by atoms with Crippen LogP contribution in [0.1, 0.15) is 40.3 Å². The molecular formula is C16H15ClN6OS. The monoisotopic (exact) mass is 374 g/mol. The molecule has 2 aromatic heterocycles. The van der Waals surface area contributed by atoms with Crippen molar-refractivity contribution in [1.82, 2.24) is 30.5 Å². The van der Waals surface area contributed by atoms with Crippen molar-refractivity contribution < 1.29 is 4.79 Å². The van der Waals surface area contributed by atoms with Crippen molar-refractivity contribution in [1.29, 1.82) is 0 Å². The molecule has 2 heterocycles. The Morgan fingerprint density at radius 1 is 1.40 bits per heavy atom. The maximum atomic E-state index is 12.8. The van der Waals surface area contributed by atoms with Crippen molar-refractivity contribution in [2.75, 3.05) is 0 Å². The van der Waals surface area contributed by atoms with Crippen LogP contribution < -0.4 is 5.32 Å². The lowest BCUT2D eigenvalue weighted by molar-refractivity contribution is 0.0823. The molecule has 1 fully saturated rings. The predicted molar refractivity (Wildman–Crippen MR) is 94.0 cm³/mol. The molecule has 0 spiro atoms. The molecule has 4 rings (SSSR count). The quantitative estimate of drug-likeness (QED) is 0.758. The fourth-order valence-electron chi connectivity index (χ4n) is 2.89. The first-order valence-electron chi connectivity index (χ1n) is 7.85. The topological polar surface area (TPSA) is 85.6 Å². The molecule has 1 aliphatic rings. The number of rotatable bonds is 4. The van der Waals surface area contributed by atoms with E-state index in [-0.39, 0.29) is 11.4 Å². The number of hydrogen-bond acceptors (Lipinski definition) is 6. The highest BCUT2D eigenvalue weighted by molar-refractivity contribution is 7.09. The molecule has 128 valence electrons. The van der Waals surface area contributed by atoms with Crippen LogP contribution >= 0.6 is 22.9 Å². The number of carbonyl (C=O) groups is 1. The summed E-state index contributed by atoms with van der Waals surface area (Å²) < 4.78 is 1.49. The summed E-state index contributed by atoms with van der Waals surface area (Å²) in [7, 11) is 0. The van der Waals surface area contributed by atoms with Crippen molar-refractivity contribution >= 4 is 28.8 Å². The Hall–Kier alpha value is -2.32. The van der Waals surface area contributed by atoms with E-state index in [4.69, 9.17) is 11.6 Å². The Bertz CT molecular complexity index is 919. The lowest BCUT2D eigenvalue weighted by atomic mass is 9.77. The summed E-state index contributed by atoms with van der Waals surface area (Å²) in [5.41, 5.74) is 1.73. The van der Waals surface area contributed by atoms with Gasteiger partial charge in [0, 0.05) is 11.1 Å². The molecule has 7 nitrogen and oxygen atoms in total. The fraction of sp³-hybridized carbons (Fsp3) is 0.312. The number of aryl methyl sites for hydroxylation is 1. The summed E-state index contributed by atoms with van der Waals surface area (Å²) in [5.74, 6) is -0.194. The summed E-state index contributed by atoms with van der Waals surface area (Å²) in [6.45, 7) is 1.96. The number of thiazole rings is 1. The maximum absolute atomic E-state index is 12.8. The van der Waals surface area contributed by atoms with Crippen LogP contribution in [0.15, 0.2) is 29.9 Å². The molecule has 0 saturated heterocycles. The van der Waals surface area contributed by atoms with Crippen LogP contribution in [0.4, 0.5) is 0 Å². The van der Waals surface area contributed by atoms with Gasteiger partial charge < -0.3 is 5.32 Å². The molecule has 1 amide bonds. The van der Waals surface area contributed by atoms with Gasteiger partial charge in [-0.1, -0.05) is 11.6 Å². The maximum Gasteiger partial charge on any atom is 0.253 e. The number of carbonyl (C=O) groups excluding carboxylic acids is 1. The van der Waals surface area contributed by atoms with Crippen LogP contribution in [-0.2, 0) is 5.54 Å². The fourth-order valence-corrected chi connectivity index (χ4v) is 4.16. The first kappa shape index (κ1) is 16.2. The Morgan fingerprint density at radius 2 is 2.24 bits per heavy atom. The normalized spacial score (nSPS) is 15.6. The minimum absolute atomic E-state index is 0.194. The third-order valence-corrected chi connectivity index (χ3v) is 5.88. The third-order valence-electron chi connectivity index (χ3n) is 4.40. The smallest absolute Gasteiger partial charge is 0.253 e. The SMILES string of the molecule is Cc1csc(C2(NC(=O)c3ccc(-n4cnnn4)cc3Cl)CCC2)n1. The van der Waals surface area contributed by atoms with Crippen LogP contribution in [0.3, 0.4) is 0 Å². The molecule has 25 heavy (non-hydrogen) atoms. The zero-order chi connectivity index (χ0) is 17.4. The van der Waals surface area contributed by atoms with E-state index in [1.54, 1.807) is 29.5 Å². The van der Waals surface area contributed by atoms with Gasteiger partial charge >= 0.3 is 0 Å². The first-order valence-corrected chi connectivity index (χ1v) is 9.11. The van der Waals surface area contributed by atoms with Crippen molar-refractivity contribution in [2.45, 2.75) is 31.7 Å². The van der Waals surface area contributed by atoms with Gasteiger partial charge in [-0.05, 0) is 54.8 Å². The van der Waals surface area contributed by atoms with Gasteiger partial charge in [0.15, 0.2) is 0 Å². The number of nitrogens with zero attached hydrogens (tertiary/aromatic N) is 5. The van der Waals surface area contributed by atoms with Crippen molar-refractivity contribution in [2.24, 2.45) is 0 Å². The lowest BCUT2D eigenvalue weighted by Crippen LogP contribution is -2.50. The number of aromatic nitrogens is 5. The summed E-state index contributed by atoms with van der Waals surface area (Å²) in [5, 5.41) is 17.5. The molecule has 1 N–H and O–H groups in total. The molecule has 3 aromatic rings. The highest BCUT2D eigenvalue weighted by Gasteiger charge is 2.42. The van der Waals surface area contributed by atoms with Crippen LogP contribution in [-0.4, -0.2) is 31.1 Å². The van der Waals surface area contributed by atoms with E-state index < -0.39 is 0 Å². The number of benzene rings is 1. The van der Waals surface area contributed by atoms with Crippen LogP contribution in [0.5, 0.6) is 0 Å². The molecule has 1 aliphatic carbocycles. The zero-order valence-electron chi connectivity index (χ0n) is 13.4. The largest absolute Gasteiger partial charge is 0.340 e. The van der Waals surface area contributed by atoms with E-state index in [0.29, 0.717) is 16.3 Å². The molecule has 0 atom stereocenters. The molecule has 0 aliphatic heterocycles. The second-order valence-corrected chi connectivity index (χ2v) is 7.37. The van der Waals surface area contributed by atoms with Crippen molar-refractivity contribution in [3.8, 4) is 5.69 Å². The van der Waals surface area contributed by atoms with Crippen LogP contribution in [0, 0.1) is 6.92 Å². The van der Waals surface area contributed by atoms with Gasteiger partial charge in [-0.3, -0.25) is 4.79 Å².